The summed E-state index contributed by atoms with van der Waals surface area (Å²) in [6.45, 7) is 3.85. The molecule has 0 radical (unpaired) electrons. The molecule has 0 amide bonds. The van der Waals surface area contributed by atoms with E-state index in [4.69, 9.17) is 11.6 Å². The first kappa shape index (κ1) is 18.9. The van der Waals surface area contributed by atoms with Gasteiger partial charge in [-0.15, -0.1) is 0 Å². The fourth-order valence-corrected chi connectivity index (χ4v) is 4.09. The van der Waals surface area contributed by atoms with Crippen LogP contribution in [0.4, 0.5) is 0 Å². The predicted octanol–water partition coefficient (Wildman–Crippen LogP) is 6.02. The number of aryl methyl sites for hydroxylation is 1. The molecule has 2 nitrogen and oxygen atoms in total. The molecule has 0 saturated carbocycles. The van der Waals surface area contributed by atoms with E-state index < -0.39 is 0 Å². The number of fused-ring (bicyclic) bond motifs is 1. The van der Waals surface area contributed by atoms with Crippen molar-refractivity contribution in [3.63, 3.8) is 0 Å². The van der Waals surface area contributed by atoms with Crippen molar-refractivity contribution < 1.29 is 4.79 Å². The van der Waals surface area contributed by atoms with E-state index in [0.29, 0.717) is 6.42 Å². The number of hydrogen-bond donors (Lipinski definition) is 0. The van der Waals surface area contributed by atoms with Crippen LogP contribution in [0.2, 0.25) is 5.02 Å². The Balaban J connectivity index is 1.62. The second-order valence-electron chi connectivity index (χ2n) is 7.55. The fourth-order valence-electron chi connectivity index (χ4n) is 3.96. The molecule has 0 aliphatic carbocycles. The van der Waals surface area contributed by atoms with Gasteiger partial charge in [-0.2, -0.15) is 0 Å². The highest BCUT2D eigenvalue weighted by Crippen LogP contribution is 2.32. The minimum Gasteiger partial charge on any atom is -0.294 e. The average molecular weight is 390 g/mol. The Morgan fingerprint density at radius 3 is 2.36 bits per heavy atom. The third-order valence-corrected chi connectivity index (χ3v) is 5.86. The van der Waals surface area contributed by atoms with Crippen LogP contribution in [0.25, 0.3) is 0 Å². The molecule has 0 spiro atoms. The number of Topliss-reactive ketones (excluding diaryl/α,β-unsaturated/α-hetero) is 1. The lowest BCUT2D eigenvalue weighted by Crippen LogP contribution is -2.35. The summed E-state index contributed by atoms with van der Waals surface area (Å²) >= 11 is 6.10. The van der Waals surface area contributed by atoms with Gasteiger partial charge in [-0.1, -0.05) is 77.8 Å². The maximum atomic E-state index is 13.0. The molecule has 0 aromatic heterocycles. The van der Waals surface area contributed by atoms with Gasteiger partial charge in [0.15, 0.2) is 5.78 Å². The van der Waals surface area contributed by atoms with E-state index in [-0.39, 0.29) is 11.8 Å². The Labute approximate surface area is 171 Å². The minimum atomic E-state index is 0.0411. The Hall–Kier alpha value is -2.42. The molecule has 3 aromatic carbocycles. The molecule has 0 fully saturated rings. The van der Waals surface area contributed by atoms with Crippen molar-refractivity contribution in [1.29, 1.82) is 0 Å². The van der Waals surface area contributed by atoms with Gasteiger partial charge >= 0.3 is 0 Å². The van der Waals surface area contributed by atoms with Crippen LogP contribution in [0.5, 0.6) is 0 Å². The topological polar surface area (TPSA) is 20.3 Å². The van der Waals surface area contributed by atoms with Crippen molar-refractivity contribution in [3.05, 3.63) is 106 Å². The molecule has 0 bridgehead atoms. The van der Waals surface area contributed by atoms with Gasteiger partial charge in [0.25, 0.3) is 0 Å². The lowest BCUT2D eigenvalue weighted by atomic mass is 9.92. The Kier molecular flexibility index (Phi) is 5.61. The van der Waals surface area contributed by atoms with Crippen molar-refractivity contribution in [2.75, 3.05) is 6.54 Å². The Bertz CT molecular complexity index is 963. The highest BCUT2D eigenvalue weighted by atomic mass is 35.5. The maximum Gasteiger partial charge on any atom is 0.164 e. The Morgan fingerprint density at radius 2 is 1.64 bits per heavy atom. The third kappa shape index (κ3) is 4.19. The van der Waals surface area contributed by atoms with Crippen LogP contribution in [-0.4, -0.2) is 17.2 Å². The number of halogens is 1. The van der Waals surface area contributed by atoms with Crippen LogP contribution in [-0.2, 0) is 13.0 Å². The quantitative estimate of drug-likeness (QED) is 0.497. The summed E-state index contributed by atoms with van der Waals surface area (Å²) in [4.78, 5) is 15.5. The van der Waals surface area contributed by atoms with Crippen LogP contribution in [0.1, 0.15) is 45.1 Å². The number of carbonyl (C=O) groups is 1. The fraction of sp³-hybridized carbons (Fsp3) is 0.240. The van der Waals surface area contributed by atoms with Gasteiger partial charge in [0.05, 0.1) is 0 Å². The molecule has 28 heavy (non-hydrogen) atoms. The molecule has 4 rings (SSSR count). The van der Waals surface area contributed by atoms with Gasteiger partial charge in [-0.25, -0.2) is 0 Å². The van der Waals surface area contributed by atoms with Gasteiger partial charge in [0.1, 0.15) is 0 Å². The molecule has 0 N–H and O–H groups in total. The van der Waals surface area contributed by atoms with Crippen molar-refractivity contribution in [2.45, 2.75) is 32.4 Å². The van der Waals surface area contributed by atoms with Crippen molar-refractivity contribution >= 4 is 17.4 Å². The summed E-state index contributed by atoms with van der Waals surface area (Å²) in [6.07, 6.45) is 1.48. The molecular formula is C25H24ClNO. The normalized spacial score (nSPS) is 15.1. The van der Waals surface area contributed by atoms with E-state index in [1.54, 1.807) is 0 Å². The highest BCUT2D eigenvalue weighted by Gasteiger charge is 2.27. The lowest BCUT2D eigenvalue weighted by molar-refractivity contribution is 0.0903. The summed E-state index contributed by atoms with van der Waals surface area (Å²) in [6, 6.07) is 24.4. The second kappa shape index (κ2) is 8.30. The first-order valence-corrected chi connectivity index (χ1v) is 10.1. The standard InChI is InChI=1S/C25H24ClNO/c1-18-6-8-21(9-7-18)25(28)16-24(20-10-12-23(26)13-11-20)27-15-14-19-4-2-3-5-22(19)17-27/h2-13,24H,14-17H2,1H3/t24-/m1/s1. The largest absolute Gasteiger partial charge is 0.294 e. The number of nitrogens with zero attached hydrogens (tertiary/aromatic N) is 1. The smallest absolute Gasteiger partial charge is 0.164 e. The average Bonchev–Trinajstić information content (AvgIpc) is 2.73. The SMILES string of the molecule is Cc1ccc(C(=O)C[C@H](c2ccc(Cl)cc2)N2CCc3ccccc3C2)cc1. The van der Waals surface area contributed by atoms with E-state index >= 15 is 0 Å². The summed E-state index contributed by atoms with van der Waals surface area (Å²) < 4.78 is 0. The zero-order valence-corrected chi connectivity index (χ0v) is 16.8. The summed E-state index contributed by atoms with van der Waals surface area (Å²) in [7, 11) is 0. The van der Waals surface area contributed by atoms with Crippen LogP contribution < -0.4 is 0 Å². The molecule has 1 aliphatic heterocycles. The van der Waals surface area contributed by atoms with E-state index in [9.17, 15) is 4.79 Å². The molecule has 1 heterocycles. The van der Waals surface area contributed by atoms with Gasteiger partial charge in [0.2, 0.25) is 0 Å². The summed E-state index contributed by atoms with van der Waals surface area (Å²) in [5.74, 6) is 0.179. The third-order valence-electron chi connectivity index (χ3n) is 5.61. The highest BCUT2D eigenvalue weighted by molar-refractivity contribution is 6.30. The first-order chi connectivity index (χ1) is 13.6. The molecule has 142 valence electrons. The van der Waals surface area contributed by atoms with Gasteiger partial charge < -0.3 is 0 Å². The maximum absolute atomic E-state index is 13.0. The van der Waals surface area contributed by atoms with Crippen molar-refractivity contribution in [1.82, 2.24) is 4.90 Å². The van der Waals surface area contributed by atoms with Crippen LogP contribution in [0.3, 0.4) is 0 Å². The summed E-state index contributed by atoms with van der Waals surface area (Å²) in [5.41, 5.74) is 5.86. The van der Waals surface area contributed by atoms with Crippen LogP contribution in [0, 0.1) is 6.92 Å². The molecule has 0 saturated heterocycles. The predicted molar refractivity (Wildman–Crippen MR) is 115 cm³/mol. The molecule has 1 atom stereocenters. The van der Waals surface area contributed by atoms with E-state index in [2.05, 4.69) is 41.3 Å². The van der Waals surface area contributed by atoms with Gasteiger partial charge in [-0.3, -0.25) is 9.69 Å². The molecule has 3 heteroatoms. The zero-order valence-electron chi connectivity index (χ0n) is 16.1. The number of rotatable bonds is 5. The Morgan fingerprint density at radius 1 is 0.964 bits per heavy atom. The van der Waals surface area contributed by atoms with E-state index in [0.717, 1.165) is 35.7 Å². The number of carbonyl (C=O) groups excluding carboxylic acids is 1. The molecular weight excluding hydrogens is 366 g/mol. The number of hydrogen-bond acceptors (Lipinski definition) is 2. The zero-order chi connectivity index (χ0) is 19.5. The number of ketones is 1. The second-order valence-corrected chi connectivity index (χ2v) is 7.99. The van der Waals surface area contributed by atoms with Gasteiger partial charge in [0, 0.05) is 36.1 Å². The number of benzene rings is 3. The first-order valence-electron chi connectivity index (χ1n) is 9.76. The van der Waals surface area contributed by atoms with Crippen molar-refractivity contribution in [3.8, 4) is 0 Å². The minimum absolute atomic E-state index is 0.0411. The molecule has 0 unspecified atom stereocenters. The van der Waals surface area contributed by atoms with Crippen LogP contribution >= 0.6 is 11.6 Å². The van der Waals surface area contributed by atoms with Crippen molar-refractivity contribution in [2.24, 2.45) is 0 Å². The lowest BCUT2D eigenvalue weighted by Gasteiger charge is -2.36. The molecule has 1 aliphatic rings. The van der Waals surface area contributed by atoms with E-state index in [1.807, 2.05) is 43.3 Å². The molecule has 3 aromatic rings. The monoisotopic (exact) mass is 389 g/mol. The van der Waals surface area contributed by atoms with Gasteiger partial charge in [-0.05, 0) is 42.2 Å². The van der Waals surface area contributed by atoms with E-state index in [1.165, 1.54) is 16.7 Å². The summed E-state index contributed by atoms with van der Waals surface area (Å²) in [5, 5.41) is 0.719. The van der Waals surface area contributed by atoms with Crippen LogP contribution in [0.15, 0.2) is 72.8 Å².